The van der Waals surface area contributed by atoms with Gasteiger partial charge in [-0.05, 0) is 37.2 Å². The number of hydrogen-bond donors (Lipinski definition) is 2. The summed E-state index contributed by atoms with van der Waals surface area (Å²) in [5, 5.41) is 6.49. The second-order valence-electron chi connectivity index (χ2n) is 5.89. The van der Waals surface area contributed by atoms with Crippen molar-refractivity contribution in [3.63, 3.8) is 0 Å². The summed E-state index contributed by atoms with van der Waals surface area (Å²) in [6.45, 7) is 3.48. The normalized spacial score (nSPS) is 15.5. The van der Waals surface area contributed by atoms with Crippen molar-refractivity contribution in [2.45, 2.75) is 32.3 Å². The van der Waals surface area contributed by atoms with Gasteiger partial charge in [0.2, 0.25) is 0 Å². The number of carbonyl (C=O) groups is 2. The van der Waals surface area contributed by atoms with Gasteiger partial charge in [-0.3, -0.25) is 9.59 Å². The number of esters is 1. The summed E-state index contributed by atoms with van der Waals surface area (Å²) in [6, 6.07) is 7.47. The maximum absolute atomic E-state index is 12.3. The third-order valence-corrected chi connectivity index (χ3v) is 4.29. The maximum atomic E-state index is 12.3. The number of hydrogen-bond acceptors (Lipinski definition) is 5. The van der Waals surface area contributed by atoms with E-state index in [1.54, 1.807) is 0 Å². The van der Waals surface area contributed by atoms with E-state index in [2.05, 4.69) is 15.4 Å². The Balaban J connectivity index is 2.01. The van der Waals surface area contributed by atoms with Crippen LogP contribution in [0.1, 0.15) is 26.2 Å². The quantitative estimate of drug-likeness (QED) is 0.423. The minimum Gasteiger partial charge on any atom is -0.477 e. The largest absolute Gasteiger partial charge is 0.477 e. The number of fused-ring (bicyclic) bond motifs is 1. The van der Waals surface area contributed by atoms with Crippen LogP contribution in [0.5, 0.6) is 5.75 Å². The smallest absolute Gasteiger partial charge is 0.305 e. The van der Waals surface area contributed by atoms with Crippen LogP contribution in [0.2, 0.25) is 0 Å². The van der Waals surface area contributed by atoms with Crippen molar-refractivity contribution in [3.8, 4) is 5.75 Å². The van der Waals surface area contributed by atoms with E-state index in [4.69, 9.17) is 17.0 Å². The number of benzene rings is 1. The van der Waals surface area contributed by atoms with Gasteiger partial charge in [-0.25, -0.2) is 0 Å². The van der Waals surface area contributed by atoms with Gasteiger partial charge in [0.25, 0.3) is 5.91 Å². The first-order valence-corrected chi connectivity index (χ1v) is 9.13. The molecule has 26 heavy (non-hydrogen) atoms. The zero-order valence-electron chi connectivity index (χ0n) is 15.1. The zero-order valence-corrected chi connectivity index (χ0v) is 15.9. The van der Waals surface area contributed by atoms with E-state index in [0.717, 1.165) is 12.1 Å². The van der Waals surface area contributed by atoms with Crippen molar-refractivity contribution in [2.75, 3.05) is 31.6 Å². The number of rotatable bonds is 7. The van der Waals surface area contributed by atoms with Crippen LogP contribution in [0, 0.1) is 0 Å². The van der Waals surface area contributed by atoms with Gasteiger partial charge in [-0.2, -0.15) is 0 Å². The number of methoxy groups -OCH3 is 1. The molecule has 0 fully saturated rings. The lowest BCUT2D eigenvalue weighted by Crippen LogP contribution is -2.53. The molecule has 7 nitrogen and oxygen atoms in total. The minimum atomic E-state index is -0.633. The fraction of sp³-hybridized carbons (Fsp3) is 0.500. The number of nitrogens with zero attached hydrogens (tertiary/aromatic N) is 1. The molecule has 1 aliphatic rings. The molecule has 0 aromatic heterocycles. The average Bonchev–Trinajstić information content (AvgIpc) is 2.67. The zero-order chi connectivity index (χ0) is 18.9. The standard InChI is InChI=1S/C18H25N3O4S/c1-3-10-19-17(23)15-12-21(13-7-4-5-8-14(13)25-15)18(26)20-11-6-9-16(22)24-2/h4-5,7-8,15H,3,6,9-12H2,1-2H3,(H,19,23)(H,20,26)/t15-/m1/s1. The highest BCUT2D eigenvalue weighted by molar-refractivity contribution is 7.80. The van der Waals surface area contributed by atoms with Crippen molar-refractivity contribution in [2.24, 2.45) is 0 Å². The number of para-hydroxylation sites is 2. The van der Waals surface area contributed by atoms with Gasteiger partial charge >= 0.3 is 5.97 Å². The van der Waals surface area contributed by atoms with Crippen LogP contribution in [0.25, 0.3) is 0 Å². The molecule has 2 rings (SSSR count). The molecular formula is C18H25N3O4S. The molecule has 0 spiro atoms. The summed E-state index contributed by atoms with van der Waals surface area (Å²) >= 11 is 5.50. The van der Waals surface area contributed by atoms with E-state index < -0.39 is 6.10 Å². The summed E-state index contributed by atoms with van der Waals surface area (Å²) in [5.41, 5.74) is 0.817. The summed E-state index contributed by atoms with van der Waals surface area (Å²) < 4.78 is 10.5. The second kappa shape index (κ2) is 9.96. The van der Waals surface area contributed by atoms with Crippen LogP contribution in [0.15, 0.2) is 24.3 Å². The molecule has 0 saturated heterocycles. The van der Waals surface area contributed by atoms with Crippen LogP contribution < -0.4 is 20.3 Å². The van der Waals surface area contributed by atoms with Crippen LogP contribution >= 0.6 is 12.2 Å². The molecule has 0 saturated carbocycles. The van der Waals surface area contributed by atoms with E-state index in [0.29, 0.717) is 43.3 Å². The summed E-state index contributed by atoms with van der Waals surface area (Å²) in [6.07, 6.45) is 1.16. The Morgan fingerprint density at radius 1 is 1.31 bits per heavy atom. The predicted molar refractivity (Wildman–Crippen MR) is 103 cm³/mol. The Bertz CT molecular complexity index is 653. The SMILES string of the molecule is CCCNC(=O)[C@H]1CN(C(=S)NCCCC(=O)OC)c2ccccc2O1. The first kappa shape index (κ1) is 20.0. The van der Waals surface area contributed by atoms with Gasteiger partial charge in [-0.15, -0.1) is 0 Å². The molecule has 0 bridgehead atoms. The Labute approximate surface area is 159 Å². The number of nitrogens with one attached hydrogen (secondary N) is 2. The molecule has 8 heteroatoms. The van der Waals surface area contributed by atoms with Gasteiger partial charge in [0.15, 0.2) is 11.2 Å². The number of carbonyl (C=O) groups excluding carboxylic acids is 2. The first-order chi connectivity index (χ1) is 12.6. The third-order valence-electron chi connectivity index (χ3n) is 3.92. The van der Waals surface area contributed by atoms with Gasteiger partial charge < -0.3 is 25.0 Å². The van der Waals surface area contributed by atoms with Crippen LogP contribution in [-0.2, 0) is 14.3 Å². The molecule has 1 amide bonds. The Hall–Kier alpha value is -2.35. The monoisotopic (exact) mass is 379 g/mol. The van der Waals surface area contributed by atoms with Crippen LogP contribution in [0.3, 0.4) is 0 Å². The van der Waals surface area contributed by atoms with Gasteiger partial charge in [0, 0.05) is 19.5 Å². The van der Waals surface area contributed by atoms with Crippen molar-refractivity contribution in [3.05, 3.63) is 24.3 Å². The lowest BCUT2D eigenvalue weighted by atomic mass is 10.2. The number of anilines is 1. The van der Waals surface area contributed by atoms with Crippen molar-refractivity contribution >= 4 is 34.9 Å². The molecule has 2 N–H and O–H groups in total. The summed E-state index contributed by atoms with van der Waals surface area (Å²) in [7, 11) is 1.37. The van der Waals surface area contributed by atoms with Gasteiger partial charge in [0.05, 0.1) is 19.3 Å². The summed E-state index contributed by atoms with van der Waals surface area (Å²) in [5.74, 6) is 0.219. The maximum Gasteiger partial charge on any atom is 0.305 e. The molecule has 1 atom stereocenters. The Morgan fingerprint density at radius 2 is 2.08 bits per heavy atom. The molecule has 0 aliphatic carbocycles. The molecular weight excluding hydrogens is 354 g/mol. The van der Waals surface area contributed by atoms with E-state index in [1.165, 1.54) is 7.11 Å². The molecule has 142 valence electrons. The Morgan fingerprint density at radius 3 is 2.81 bits per heavy atom. The average molecular weight is 379 g/mol. The van der Waals surface area contributed by atoms with Crippen LogP contribution in [-0.4, -0.2) is 49.8 Å². The van der Waals surface area contributed by atoms with Crippen molar-refractivity contribution in [1.82, 2.24) is 10.6 Å². The topological polar surface area (TPSA) is 79.9 Å². The van der Waals surface area contributed by atoms with E-state index >= 15 is 0 Å². The van der Waals surface area contributed by atoms with E-state index in [9.17, 15) is 9.59 Å². The molecule has 1 aliphatic heterocycles. The molecule has 1 aromatic rings. The lowest BCUT2D eigenvalue weighted by molar-refractivity contribution is -0.140. The first-order valence-electron chi connectivity index (χ1n) is 8.72. The minimum absolute atomic E-state index is 0.153. The number of amides is 1. The molecule has 1 heterocycles. The lowest BCUT2D eigenvalue weighted by Gasteiger charge is -2.35. The molecule has 1 aromatic carbocycles. The van der Waals surface area contributed by atoms with Crippen molar-refractivity contribution in [1.29, 1.82) is 0 Å². The fourth-order valence-corrected chi connectivity index (χ4v) is 2.83. The van der Waals surface area contributed by atoms with Crippen molar-refractivity contribution < 1.29 is 19.1 Å². The highest BCUT2D eigenvalue weighted by Crippen LogP contribution is 2.33. The van der Waals surface area contributed by atoms with E-state index in [-0.39, 0.29) is 11.9 Å². The summed E-state index contributed by atoms with van der Waals surface area (Å²) in [4.78, 5) is 25.4. The number of ether oxygens (including phenoxy) is 2. The van der Waals surface area contributed by atoms with Gasteiger partial charge in [0.1, 0.15) is 5.75 Å². The number of thiocarbonyl (C=S) groups is 1. The molecule has 0 radical (unpaired) electrons. The molecule has 0 unspecified atom stereocenters. The highest BCUT2D eigenvalue weighted by Gasteiger charge is 2.32. The Kier molecular flexibility index (Phi) is 7.65. The van der Waals surface area contributed by atoms with Gasteiger partial charge in [-0.1, -0.05) is 19.1 Å². The predicted octanol–water partition coefficient (Wildman–Crippen LogP) is 1.61. The fourth-order valence-electron chi connectivity index (χ4n) is 2.55. The highest BCUT2D eigenvalue weighted by atomic mass is 32.1. The second-order valence-corrected chi connectivity index (χ2v) is 6.27. The van der Waals surface area contributed by atoms with Crippen LogP contribution in [0.4, 0.5) is 5.69 Å². The third kappa shape index (κ3) is 5.32. The van der Waals surface area contributed by atoms with E-state index in [1.807, 2.05) is 36.1 Å².